The van der Waals surface area contributed by atoms with Gasteiger partial charge in [0.1, 0.15) is 0 Å². The Labute approximate surface area is 186 Å². The number of para-hydroxylation sites is 1. The van der Waals surface area contributed by atoms with Crippen LogP contribution in [0.3, 0.4) is 0 Å². The molecule has 0 N–H and O–H groups in total. The van der Waals surface area contributed by atoms with E-state index in [0.29, 0.717) is 24.5 Å². The number of hydrogen-bond acceptors (Lipinski definition) is 7. The van der Waals surface area contributed by atoms with Crippen LogP contribution in [-0.4, -0.2) is 36.9 Å². The monoisotopic (exact) mass is 438 g/mol. The van der Waals surface area contributed by atoms with E-state index < -0.39 is 16.1 Å². The average Bonchev–Trinajstić information content (AvgIpc) is 2.95. The van der Waals surface area contributed by atoms with Gasteiger partial charge in [-0.3, -0.25) is 14.9 Å². The van der Waals surface area contributed by atoms with Crippen molar-refractivity contribution in [2.75, 3.05) is 25.2 Å². The molecule has 2 aliphatic rings. The van der Waals surface area contributed by atoms with Crippen molar-refractivity contribution >= 4 is 23.4 Å². The van der Waals surface area contributed by atoms with E-state index in [1.807, 2.05) is 30.4 Å². The van der Waals surface area contributed by atoms with Gasteiger partial charge in [0.25, 0.3) is 5.69 Å². The van der Waals surface area contributed by atoms with E-state index >= 15 is 0 Å². The summed E-state index contributed by atoms with van der Waals surface area (Å²) in [5, 5.41) is 11.3. The second-order valence-corrected chi connectivity index (χ2v) is 8.30. The van der Waals surface area contributed by atoms with Crippen LogP contribution in [0.15, 0.2) is 42.5 Å². The number of carbonyl (C=O) groups excluding carboxylic acids is 1. The number of methoxy groups -OCH3 is 1. The standard InChI is InChI=1S/C24H26N2O6/c1-5-31-21(27)11-13-25-19-9-7-6-8-18(19)23(2,3)24(25)12-10-16-14-17(26(28)29)15-20(30-4)22(16)32-24/h6-10,12,14-15H,5,11,13H2,1-4H3. The van der Waals surface area contributed by atoms with Crippen molar-refractivity contribution in [3.63, 3.8) is 0 Å². The number of ether oxygens (including phenoxy) is 3. The summed E-state index contributed by atoms with van der Waals surface area (Å²) in [6.45, 7) is 6.66. The summed E-state index contributed by atoms with van der Waals surface area (Å²) in [6, 6.07) is 10.8. The van der Waals surface area contributed by atoms with Gasteiger partial charge < -0.3 is 19.1 Å². The van der Waals surface area contributed by atoms with E-state index in [1.54, 1.807) is 6.92 Å². The van der Waals surface area contributed by atoms with Crippen LogP contribution in [0.1, 0.15) is 38.3 Å². The van der Waals surface area contributed by atoms with Gasteiger partial charge in [-0.2, -0.15) is 0 Å². The molecule has 1 atom stereocenters. The van der Waals surface area contributed by atoms with E-state index in [0.717, 1.165) is 11.3 Å². The fraction of sp³-hybridized carbons (Fsp3) is 0.375. The summed E-state index contributed by atoms with van der Waals surface area (Å²) in [5.41, 5.74) is 1.09. The Bertz CT molecular complexity index is 1110. The van der Waals surface area contributed by atoms with Gasteiger partial charge in [-0.25, -0.2) is 0 Å². The number of nitro groups is 1. The molecular weight excluding hydrogens is 412 g/mol. The molecule has 0 bridgehead atoms. The van der Waals surface area contributed by atoms with Crippen molar-refractivity contribution < 1.29 is 23.9 Å². The largest absolute Gasteiger partial charge is 0.493 e. The molecule has 32 heavy (non-hydrogen) atoms. The minimum Gasteiger partial charge on any atom is -0.493 e. The predicted molar refractivity (Wildman–Crippen MR) is 120 cm³/mol. The highest BCUT2D eigenvalue weighted by Gasteiger charge is 2.59. The van der Waals surface area contributed by atoms with Crippen LogP contribution >= 0.6 is 0 Å². The van der Waals surface area contributed by atoms with Crippen LogP contribution in [0.5, 0.6) is 11.5 Å². The van der Waals surface area contributed by atoms with Gasteiger partial charge in [-0.05, 0) is 44.6 Å². The molecule has 0 aliphatic carbocycles. The second-order valence-electron chi connectivity index (χ2n) is 8.30. The first-order valence-corrected chi connectivity index (χ1v) is 10.5. The van der Waals surface area contributed by atoms with Crippen LogP contribution in [0.4, 0.5) is 11.4 Å². The van der Waals surface area contributed by atoms with Crippen LogP contribution < -0.4 is 14.4 Å². The lowest BCUT2D eigenvalue weighted by atomic mass is 9.76. The highest BCUT2D eigenvalue weighted by Crippen LogP contribution is 2.56. The van der Waals surface area contributed by atoms with Crippen molar-refractivity contribution in [2.24, 2.45) is 0 Å². The smallest absolute Gasteiger partial charge is 0.307 e. The molecule has 0 saturated carbocycles. The van der Waals surface area contributed by atoms with Crippen LogP contribution in [0.25, 0.3) is 6.08 Å². The minimum absolute atomic E-state index is 0.0714. The number of fused-ring (bicyclic) bond motifs is 2. The number of hydrogen-bond donors (Lipinski definition) is 0. The lowest BCUT2D eigenvalue weighted by Crippen LogP contribution is -2.60. The number of anilines is 1. The first kappa shape index (κ1) is 21.7. The van der Waals surface area contributed by atoms with Gasteiger partial charge >= 0.3 is 5.97 Å². The fourth-order valence-electron chi connectivity index (χ4n) is 4.64. The van der Waals surface area contributed by atoms with Crippen molar-refractivity contribution in [2.45, 2.75) is 38.3 Å². The van der Waals surface area contributed by atoms with E-state index in [2.05, 4.69) is 24.8 Å². The van der Waals surface area contributed by atoms with Gasteiger partial charge in [0.2, 0.25) is 5.72 Å². The van der Waals surface area contributed by atoms with Crippen molar-refractivity contribution in [3.05, 3.63) is 63.7 Å². The summed E-state index contributed by atoms with van der Waals surface area (Å²) in [4.78, 5) is 25.1. The number of benzene rings is 2. The number of rotatable bonds is 6. The highest BCUT2D eigenvalue weighted by molar-refractivity contribution is 5.76. The fourth-order valence-corrected chi connectivity index (χ4v) is 4.64. The average molecular weight is 438 g/mol. The first-order valence-electron chi connectivity index (χ1n) is 10.5. The molecule has 2 aliphatic heterocycles. The summed E-state index contributed by atoms with van der Waals surface area (Å²) in [7, 11) is 1.46. The third kappa shape index (κ3) is 3.18. The number of nitro benzene ring substituents is 1. The highest BCUT2D eigenvalue weighted by atomic mass is 16.6. The summed E-state index contributed by atoms with van der Waals surface area (Å²) in [5.74, 6) is 0.441. The van der Waals surface area contributed by atoms with E-state index in [-0.39, 0.29) is 23.8 Å². The molecule has 2 heterocycles. The quantitative estimate of drug-likeness (QED) is 0.374. The molecular formula is C24H26N2O6. The molecule has 0 aromatic heterocycles. The zero-order valence-corrected chi connectivity index (χ0v) is 18.6. The Morgan fingerprint density at radius 1 is 1.25 bits per heavy atom. The second kappa shape index (κ2) is 7.85. The molecule has 8 nitrogen and oxygen atoms in total. The number of nitrogens with zero attached hydrogens (tertiary/aromatic N) is 2. The SMILES string of the molecule is CCOC(=O)CCN1c2ccccc2C(C)(C)C12C=Cc1cc([N+](=O)[O-])cc(OC)c1O2. The lowest BCUT2D eigenvalue weighted by molar-refractivity contribution is -0.385. The maximum Gasteiger partial charge on any atom is 0.307 e. The molecule has 1 unspecified atom stereocenters. The van der Waals surface area contributed by atoms with Crippen molar-refractivity contribution in [1.82, 2.24) is 0 Å². The Morgan fingerprint density at radius 3 is 2.69 bits per heavy atom. The van der Waals surface area contributed by atoms with Gasteiger partial charge in [0, 0.05) is 23.9 Å². The summed E-state index contributed by atoms with van der Waals surface area (Å²) in [6.07, 6.45) is 3.95. The topological polar surface area (TPSA) is 91.1 Å². The predicted octanol–water partition coefficient (Wildman–Crippen LogP) is 4.46. The Hall–Kier alpha value is -3.55. The normalized spacial score (nSPS) is 19.8. The minimum atomic E-state index is -0.959. The van der Waals surface area contributed by atoms with E-state index in [4.69, 9.17) is 14.2 Å². The van der Waals surface area contributed by atoms with Crippen LogP contribution in [-0.2, 0) is 14.9 Å². The zero-order valence-electron chi connectivity index (χ0n) is 18.6. The molecule has 2 aromatic rings. The van der Waals surface area contributed by atoms with Crippen molar-refractivity contribution in [3.8, 4) is 11.5 Å². The Kier molecular flexibility index (Phi) is 5.32. The first-order chi connectivity index (χ1) is 15.2. The molecule has 2 aromatic carbocycles. The molecule has 0 fully saturated rings. The summed E-state index contributed by atoms with van der Waals surface area (Å²) >= 11 is 0. The third-order valence-electron chi connectivity index (χ3n) is 6.26. The molecule has 0 radical (unpaired) electrons. The van der Waals surface area contributed by atoms with E-state index in [9.17, 15) is 14.9 Å². The zero-order chi connectivity index (χ0) is 23.1. The number of carbonyl (C=O) groups is 1. The van der Waals surface area contributed by atoms with E-state index in [1.165, 1.54) is 19.2 Å². The van der Waals surface area contributed by atoms with Gasteiger partial charge in [0.05, 0.1) is 36.5 Å². The van der Waals surface area contributed by atoms with Crippen LogP contribution in [0.2, 0.25) is 0 Å². The molecule has 1 spiro atoms. The molecule has 0 amide bonds. The van der Waals surface area contributed by atoms with Crippen LogP contribution in [0, 0.1) is 10.1 Å². The Morgan fingerprint density at radius 2 is 2.00 bits per heavy atom. The third-order valence-corrected chi connectivity index (χ3v) is 6.26. The number of esters is 1. The van der Waals surface area contributed by atoms with Gasteiger partial charge in [-0.1, -0.05) is 18.2 Å². The molecule has 8 heteroatoms. The maximum atomic E-state index is 12.2. The van der Waals surface area contributed by atoms with Gasteiger partial charge in [0.15, 0.2) is 11.5 Å². The molecule has 0 saturated heterocycles. The molecule has 4 rings (SSSR count). The number of non-ortho nitro benzene ring substituents is 1. The maximum absolute atomic E-state index is 12.2. The van der Waals surface area contributed by atoms with Gasteiger partial charge in [-0.15, -0.1) is 0 Å². The summed E-state index contributed by atoms with van der Waals surface area (Å²) < 4.78 is 17.3. The molecule has 168 valence electrons. The Balaban J connectivity index is 1.82. The van der Waals surface area contributed by atoms with Crippen molar-refractivity contribution in [1.29, 1.82) is 0 Å². The lowest BCUT2D eigenvalue weighted by Gasteiger charge is -2.47.